The van der Waals surface area contributed by atoms with Crippen LogP contribution in [-0.4, -0.2) is 35.6 Å². The third kappa shape index (κ3) is 6.31. The zero-order chi connectivity index (χ0) is 20.7. The SMILES string of the molecule is CNC(=O)[C@H](C)N(Cc1cccc(Cl)c1)C(=O)CSCc1c(Cl)cccc1Cl. The van der Waals surface area contributed by atoms with Gasteiger partial charge < -0.3 is 10.2 Å². The third-order valence-corrected chi connectivity index (χ3v) is 6.08. The molecular formula is C20H21Cl3N2O2S. The highest BCUT2D eigenvalue weighted by Gasteiger charge is 2.25. The first-order chi connectivity index (χ1) is 13.3. The molecule has 0 heterocycles. The Labute approximate surface area is 184 Å². The van der Waals surface area contributed by atoms with Gasteiger partial charge in [-0.1, -0.05) is 53.0 Å². The average molecular weight is 460 g/mol. The summed E-state index contributed by atoms with van der Waals surface area (Å²) in [6.07, 6.45) is 0. The number of halogens is 3. The number of carbonyl (C=O) groups excluding carboxylic acids is 2. The molecule has 28 heavy (non-hydrogen) atoms. The molecule has 0 radical (unpaired) electrons. The van der Waals surface area contributed by atoms with E-state index >= 15 is 0 Å². The topological polar surface area (TPSA) is 49.4 Å². The van der Waals surface area contributed by atoms with Gasteiger partial charge in [0, 0.05) is 34.4 Å². The van der Waals surface area contributed by atoms with E-state index in [4.69, 9.17) is 34.8 Å². The summed E-state index contributed by atoms with van der Waals surface area (Å²) in [4.78, 5) is 26.6. The number of nitrogens with one attached hydrogen (secondary N) is 1. The minimum Gasteiger partial charge on any atom is -0.357 e. The molecular weight excluding hydrogens is 439 g/mol. The predicted octanol–water partition coefficient (Wildman–Crippen LogP) is 5.04. The summed E-state index contributed by atoms with van der Waals surface area (Å²) in [5.41, 5.74) is 1.65. The van der Waals surface area contributed by atoms with Crippen LogP contribution in [0.25, 0.3) is 0 Å². The van der Waals surface area contributed by atoms with Gasteiger partial charge in [0.25, 0.3) is 0 Å². The molecule has 2 rings (SSSR count). The maximum atomic E-state index is 12.9. The molecule has 2 amide bonds. The van der Waals surface area contributed by atoms with Crippen molar-refractivity contribution in [1.29, 1.82) is 0 Å². The van der Waals surface area contributed by atoms with Gasteiger partial charge >= 0.3 is 0 Å². The lowest BCUT2D eigenvalue weighted by atomic mass is 10.1. The van der Waals surface area contributed by atoms with Gasteiger partial charge in [-0.15, -0.1) is 11.8 Å². The molecule has 4 nitrogen and oxygen atoms in total. The molecule has 1 atom stereocenters. The standard InChI is InChI=1S/C20H21Cl3N2O2S/c1-13(20(27)24-2)25(10-14-5-3-6-15(21)9-14)19(26)12-28-11-16-17(22)7-4-8-18(16)23/h3-9,13H,10-12H2,1-2H3,(H,24,27)/t13-/m0/s1. The number of benzene rings is 2. The quantitative estimate of drug-likeness (QED) is 0.601. The number of likely N-dealkylation sites (N-methyl/N-ethyl adjacent to an activating group) is 1. The number of rotatable bonds is 8. The maximum absolute atomic E-state index is 12.9. The Morgan fingerprint density at radius 1 is 1.11 bits per heavy atom. The van der Waals surface area contributed by atoms with E-state index in [1.54, 1.807) is 49.2 Å². The van der Waals surface area contributed by atoms with Crippen LogP contribution in [0.4, 0.5) is 0 Å². The van der Waals surface area contributed by atoms with E-state index in [9.17, 15) is 9.59 Å². The summed E-state index contributed by atoms with van der Waals surface area (Å²) in [6.45, 7) is 2.00. The average Bonchev–Trinajstić information content (AvgIpc) is 2.67. The van der Waals surface area contributed by atoms with Crippen molar-refractivity contribution in [1.82, 2.24) is 10.2 Å². The number of hydrogen-bond acceptors (Lipinski definition) is 3. The van der Waals surface area contributed by atoms with E-state index < -0.39 is 6.04 Å². The number of nitrogens with zero attached hydrogens (tertiary/aromatic N) is 1. The summed E-state index contributed by atoms with van der Waals surface area (Å²) in [6, 6.07) is 12.0. The van der Waals surface area contributed by atoms with Gasteiger partial charge in [-0.25, -0.2) is 0 Å². The van der Waals surface area contributed by atoms with Crippen molar-refractivity contribution in [3.8, 4) is 0 Å². The van der Waals surface area contributed by atoms with Crippen LogP contribution in [0.3, 0.4) is 0 Å². The Morgan fingerprint density at radius 2 is 1.75 bits per heavy atom. The molecule has 0 saturated carbocycles. The van der Waals surface area contributed by atoms with Crippen LogP contribution in [-0.2, 0) is 21.9 Å². The molecule has 0 spiro atoms. The summed E-state index contributed by atoms with van der Waals surface area (Å²) in [7, 11) is 1.55. The number of carbonyl (C=O) groups is 2. The van der Waals surface area contributed by atoms with Crippen LogP contribution in [0.1, 0.15) is 18.1 Å². The van der Waals surface area contributed by atoms with Crippen LogP contribution in [0.2, 0.25) is 15.1 Å². The van der Waals surface area contributed by atoms with Crippen molar-refractivity contribution in [2.75, 3.05) is 12.8 Å². The first-order valence-corrected chi connectivity index (χ1v) is 10.9. The molecule has 8 heteroatoms. The van der Waals surface area contributed by atoms with Gasteiger partial charge in [0.1, 0.15) is 6.04 Å². The second-order valence-electron chi connectivity index (χ2n) is 6.13. The van der Waals surface area contributed by atoms with Crippen LogP contribution >= 0.6 is 46.6 Å². The highest BCUT2D eigenvalue weighted by Crippen LogP contribution is 2.28. The molecule has 0 bridgehead atoms. The number of thioether (sulfide) groups is 1. The Hall–Kier alpha value is -1.40. The predicted molar refractivity (Wildman–Crippen MR) is 118 cm³/mol. The van der Waals surface area contributed by atoms with E-state index in [2.05, 4.69) is 5.32 Å². The molecule has 2 aromatic carbocycles. The minimum atomic E-state index is -0.610. The van der Waals surface area contributed by atoms with Gasteiger partial charge in [-0.3, -0.25) is 9.59 Å². The van der Waals surface area contributed by atoms with Crippen molar-refractivity contribution in [3.63, 3.8) is 0 Å². The number of hydrogen-bond donors (Lipinski definition) is 1. The summed E-state index contributed by atoms with van der Waals surface area (Å²) < 4.78 is 0. The van der Waals surface area contributed by atoms with Crippen molar-refractivity contribution in [3.05, 3.63) is 68.7 Å². The van der Waals surface area contributed by atoms with Gasteiger partial charge in [0.05, 0.1) is 5.75 Å². The van der Waals surface area contributed by atoms with Crippen LogP contribution < -0.4 is 5.32 Å². The Morgan fingerprint density at radius 3 is 2.36 bits per heavy atom. The Bertz CT molecular complexity index is 828. The lowest BCUT2D eigenvalue weighted by molar-refractivity contribution is -0.138. The largest absolute Gasteiger partial charge is 0.357 e. The minimum absolute atomic E-state index is 0.149. The van der Waals surface area contributed by atoms with Crippen molar-refractivity contribution < 1.29 is 9.59 Å². The summed E-state index contributed by atoms with van der Waals surface area (Å²) >= 11 is 19.8. The maximum Gasteiger partial charge on any atom is 0.242 e. The van der Waals surface area contributed by atoms with Crippen molar-refractivity contribution in [2.45, 2.75) is 25.3 Å². The zero-order valence-electron chi connectivity index (χ0n) is 15.5. The fourth-order valence-corrected chi connectivity index (χ4v) is 4.48. The zero-order valence-corrected chi connectivity index (χ0v) is 18.6. The Balaban J connectivity index is 2.08. The lowest BCUT2D eigenvalue weighted by Gasteiger charge is -2.28. The Kier molecular flexibility index (Phi) is 8.96. The van der Waals surface area contributed by atoms with E-state index in [0.29, 0.717) is 27.4 Å². The first-order valence-electron chi connectivity index (χ1n) is 8.59. The molecule has 0 aliphatic carbocycles. The molecule has 0 aliphatic rings. The molecule has 0 aromatic heterocycles. The highest BCUT2D eigenvalue weighted by atomic mass is 35.5. The normalized spacial score (nSPS) is 11.8. The van der Waals surface area contributed by atoms with Crippen LogP contribution in [0, 0.1) is 0 Å². The molecule has 0 fully saturated rings. The van der Waals surface area contributed by atoms with E-state index in [0.717, 1.165) is 11.1 Å². The van der Waals surface area contributed by atoms with Crippen molar-refractivity contribution >= 4 is 58.4 Å². The second-order valence-corrected chi connectivity index (χ2v) is 8.37. The second kappa shape index (κ2) is 11.0. The summed E-state index contributed by atoms with van der Waals surface area (Å²) in [5.74, 6) is 0.325. The van der Waals surface area contributed by atoms with E-state index in [1.165, 1.54) is 11.8 Å². The first kappa shape index (κ1) is 22.9. The third-order valence-electron chi connectivity index (χ3n) is 4.19. The van der Waals surface area contributed by atoms with Gasteiger partial charge in [-0.05, 0) is 42.3 Å². The van der Waals surface area contributed by atoms with Gasteiger partial charge in [-0.2, -0.15) is 0 Å². The molecule has 0 aliphatic heterocycles. The lowest BCUT2D eigenvalue weighted by Crippen LogP contribution is -2.47. The van der Waals surface area contributed by atoms with Gasteiger partial charge in [0.15, 0.2) is 0 Å². The highest BCUT2D eigenvalue weighted by molar-refractivity contribution is 7.99. The van der Waals surface area contributed by atoms with E-state index in [-0.39, 0.29) is 17.6 Å². The van der Waals surface area contributed by atoms with Crippen LogP contribution in [0.5, 0.6) is 0 Å². The van der Waals surface area contributed by atoms with Crippen LogP contribution in [0.15, 0.2) is 42.5 Å². The number of amides is 2. The monoisotopic (exact) mass is 458 g/mol. The molecule has 1 N–H and O–H groups in total. The smallest absolute Gasteiger partial charge is 0.242 e. The van der Waals surface area contributed by atoms with Crippen molar-refractivity contribution in [2.24, 2.45) is 0 Å². The van der Waals surface area contributed by atoms with Gasteiger partial charge in [0.2, 0.25) is 11.8 Å². The fraction of sp³-hybridized carbons (Fsp3) is 0.300. The molecule has 2 aromatic rings. The summed E-state index contributed by atoms with van der Waals surface area (Å²) in [5, 5.41) is 4.32. The molecule has 0 unspecified atom stereocenters. The van der Waals surface area contributed by atoms with E-state index in [1.807, 2.05) is 12.1 Å². The molecule has 0 saturated heterocycles. The molecule has 150 valence electrons. The fourth-order valence-electron chi connectivity index (χ4n) is 2.62.